The van der Waals surface area contributed by atoms with Crippen molar-refractivity contribution < 1.29 is 9.31 Å². The summed E-state index contributed by atoms with van der Waals surface area (Å²) in [5.41, 5.74) is -0.112. The van der Waals surface area contributed by atoms with Crippen LogP contribution in [0.5, 0.6) is 0 Å². The van der Waals surface area contributed by atoms with E-state index in [1.54, 1.807) is 0 Å². The Kier molecular flexibility index (Phi) is 1.95. The van der Waals surface area contributed by atoms with E-state index in [0.717, 1.165) is 18.2 Å². The quantitative estimate of drug-likeness (QED) is 0.349. The van der Waals surface area contributed by atoms with Gasteiger partial charge in [-0.05, 0) is 12.2 Å². The van der Waals surface area contributed by atoms with E-state index in [-0.39, 0.29) is 12.1 Å². The maximum atomic E-state index is 12.7. The number of rotatable bonds is 1. The first-order valence-electron chi connectivity index (χ1n) is 2.93. The number of alkyl halides is 2. The van der Waals surface area contributed by atoms with Gasteiger partial charge < -0.3 is 0 Å². The molecule has 1 aliphatic rings. The average Bonchev–Trinajstić information content (AvgIpc) is 1.86. The number of hydrogen-bond donors (Lipinski definition) is 0. The van der Waals surface area contributed by atoms with Crippen LogP contribution in [-0.2, 0) is 0 Å². The molecule has 1 atom stereocenters. The Balaban J connectivity index is 2.75. The molecule has 0 N–H and O–H groups in total. The van der Waals surface area contributed by atoms with Crippen molar-refractivity contribution in [1.29, 1.82) is 0 Å². The Morgan fingerprint density at radius 3 is 2.82 bits per heavy atom. The highest BCUT2D eigenvalue weighted by Gasteiger charge is 2.26. The molecule has 0 saturated heterocycles. The fourth-order valence-electron chi connectivity index (χ4n) is 0.719. The van der Waals surface area contributed by atoms with E-state index in [1.165, 1.54) is 0 Å². The van der Waals surface area contributed by atoms with Gasteiger partial charge in [0.05, 0.1) is 4.92 Å². The zero-order valence-electron chi connectivity index (χ0n) is 5.46. The summed E-state index contributed by atoms with van der Waals surface area (Å²) < 4.78 is 12.7. The summed E-state index contributed by atoms with van der Waals surface area (Å²) in [4.78, 5) is 9.51. The predicted molar refractivity (Wildman–Crippen MR) is 38.5 cm³/mol. The zero-order valence-corrected chi connectivity index (χ0v) is 6.21. The summed E-state index contributed by atoms with van der Waals surface area (Å²) in [7, 11) is 0. The Hall–Kier alpha value is -0.900. The summed E-state index contributed by atoms with van der Waals surface area (Å²) in [6, 6.07) is 0. The summed E-state index contributed by atoms with van der Waals surface area (Å²) in [6.45, 7) is 0. The first-order chi connectivity index (χ1) is 5.01. The second kappa shape index (κ2) is 2.62. The van der Waals surface area contributed by atoms with Crippen molar-refractivity contribution in [2.45, 2.75) is 11.5 Å². The minimum atomic E-state index is -1.94. The van der Waals surface area contributed by atoms with Crippen LogP contribution < -0.4 is 0 Å². The van der Waals surface area contributed by atoms with Gasteiger partial charge in [-0.2, -0.15) is 0 Å². The molecular weight excluding hydrogens is 173 g/mol. The Bertz CT molecular complexity index is 247. The van der Waals surface area contributed by atoms with Crippen molar-refractivity contribution in [3.8, 4) is 0 Å². The molecule has 11 heavy (non-hydrogen) atoms. The minimum absolute atomic E-state index is 0.112. The van der Waals surface area contributed by atoms with Crippen LogP contribution >= 0.6 is 11.6 Å². The third-order valence-corrected chi connectivity index (χ3v) is 1.57. The molecule has 60 valence electrons. The molecule has 0 aromatic heterocycles. The molecule has 5 heteroatoms. The topological polar surface area (TPSA) is 43.1 Å². The highest BCUT2D eigenvalue weighted by Crippen LogP contribution is 2.28. The Morgan fingerprint density at radius 2 is 2.45 bits per heavy atom. The number of halogens is 2. The van der Waals surface area contributed by atoms with Gasteiger partial charge in [0.1, 0.15) is 0 Å². The molecule has 1 unspecified atom stereocenters. The predicted octanol–water partition coefficient (Wildman–Crippen LogP) is 2.01. The number of hydrogen-bond acceptors (Lipinski definition) is 2. The smallest absolute Gasteiger partial charge is 0.258 e. The first-order valence-corrected chi connectivity index (χ1v) is 3.31. The van der Waals surface area contributed by atoms with Gasteiger partial charge in [-0.3, -0.25) is 10.1 Å². The maximum absolute atomic E-state index is 12.7. The molecule has 0 radical (unpaired) electrons. The van der Waals surface area contributed by atoms with Gasteiger partial charge in [0, 0.05) is 12.5 Å². The van der Waals surface area contributed by atoms with Gasteiger partial charge in [0.2, 0.25) is 5.13 Å². The molecule has 0 amide bonds. The van der Waals surface area contributed by atoms with Crippen LogP contribution in [0.1, 0.15) is 6.42 Å². The van der Waals surface area contributed by atoms with Crippen LogP contribution in [0.25, 0.3) is 0 Å². The Morgan fingerprint density at radius 1 is 1.82 bits per heavy atom. The lowest BCUT2D eigenvalue weighted by Crippen LogP contribution is -2.13. The fourth-order valence-corrected chi connectivity index (χ4v) is 0.860. The molecule has 1 aliphatic carbocycles. The molecule has 0 fully saturated rings. The second-order valence-corrected chi connectivity index (χ2v) is 2.81. The van der Waals surface area contributed by atoms with Gasteiger partial charge in [-0.25, -0.2) is 4.39 Å². The summed E-state index contributed by atoms with van der Waals surface area (Å²) in [5.74, 6) is 0. The SMILES string of the molecule is O=[N+]([O-])C1=CCC(F)(Cl)C=C1. The van der Waals surface area contributed by atoms with Crippen molar-refractivity contribution in [3.63, 3.8) is 0 Å². The monoisotopic (exact) mass is 177 g/mol. The van der Waals surface area contributed by atoms with Gasteiger partial charge >= 0.3 is 0 Å². The molecule has 0 aromatic carbocycles. The lowest BCUT2D eigenvalue weighted by Gasteiger charge is -2.12. The largest absolute Gasteiger partial charge is 0.265 e. The van der Waals surface area contributed by atoms with Gasteiger partial charge in [0.25, 0.3) is 5.70 Å². The van der Waals surface area contributed by atoms with Crippen molar-refractivity contribution in [3.05, 3.63) is 34.0 Å². The molecule has 0 saturated carbocycles. The van der Waals surface area contributed by atoms with E-state index < -0.39 is 10.1 Å². The molecule has 0 heterocycles. The number of nitrogens with zero attached hydrogens (tertiary/aromatic N) is 1. The number of allylic oxidation sites excluding steroid dienone is 3. The normalized spacial score (nSPS) is 29.8. The van der Waals surface area contributed by atoms with E-state index in [0.29, 0.717) is 0 Å². The lowest BCUT2D eigenvalue weighted by atomic mass is 10.1. The van der Waals surface area contributed by atoms with E-state index in [4.69, 9.17) is 11.6 Å². The van der Waals surface area contributed by atoms with Gasteiger partial charge in [-0.1, -0.05) is 11.6 Å². The molecule has 0 aliphatic heterocycles. The van der Waals surface area contributed by atoms with E-state index in [9.17, 15) is 14.5 Å². The zero-order chi connectivity index (χ0) is 8.48. The molecule has 0 aromatic rings. The van der Waals surface area contributed by atoms with Crippen LogP contribution in [0.3, 0.4) is 0 Å². The van der Waals surface area contributed by atoms with Crippen LogP contribution in [0.2, 0.25) is 0 Å². The molecule has 0 spiro atoms. The second-order valence-electron chi connectivity index (χ2n) is 2.18. The van der Waals surface area contributed by atoms with E-state index in [1.807, 2.05) is 0 Å². The third kappa shape index (κ3) is 2.01. The van der Waals surface area contributed by atoms with Crippen molar-refractivity contribution in [2.75, 3.05) is 0 Å². The Labute approximate surface area is 67.3 Å². The van der Waals surface area contributed by atoms with E-state index in [2.05, 4.69) is 0 Å². The number of nitro groups is 1. The summed E-state index contributed by atoms with van der Waals surface area (Å²) in [5, 5.41) is 8.14. The highest BCUT2D eigenvalue weighted by atomic mass is 35.5. The van der Waals surface area contributed by atoms with Crippen molar-refractivity contribution in [1.82, 2.24) is 0 Å². The molecule has 3 nitrogen and oxygen atoms in total. The average molecular weight is 178 g/mol. The summed E-state index contributed by atoms with van der Waals surface area (Å²) >= 11 is 5.22. The highest BCUT2D eigenvalue weighted by molar-refractivity contribution is 6.24. The minimum Gasteiger partial charge on any atom is -0.258 e. The van der Waals surface area contributed by atoms with Crippen molar-refractivity contribution in [2.24, 2.45) is 0 Å². The van der Waals surface area contributed by atoms with Gasteiger partial charge in [0.15, 0.2) is 0 Å². The standard InChI is InChI=1S/C6H5ClFNO2/c7-6(8)3-1-5(2-4-6)9(10)11/h1-3H,4H2. The van der Waals surface area contributed by atoms with Gasteiger partial charge in [-0.15, -0.1) is 0 Å². The van der Waals surface area contributed by atoms with Crippen LogP contribution in [0, 0.1) is 10.1 Å². The molecular formula is C6H5ClFNO2. The van der Waals surface area contributed by atoms with Crippen LogP contribution in [0.4, 0.5) is 4.39 Å². The van der Waals surface area contributed by atoms with Crippen LogP contribution in [0.15, 0.2) is 23.9 Å². The van der Waals surface area contributed by atoms with E-state index >= 15 is 0 Å². The van der Waals surface area contributed by atoms with Crippen molar-refractivity contribution >= 4 is 11.6 Å². The first kappa shape index (κ1) is 8.20. The maximum Gasteiger partial charge on any atom is 0.265 e. The third-order valence-electron chi connectivity index (χ3n) is 1.29. The summed E-state index contributed by atoms with van der Waals surface area (Å²) in [6.07, 6.45) is 3.05. The van der Waals surface area contributed by atoms with Crippen LogP contribution in [-0.4, -0.2) is 10.1 Å². The molecule has 0 bridgehead atoms. The fraction of sp³-hybridized carbons (Fsp3) is 0.333. The molecule has 1 rings (SSSR count). The lowest BCUT2D eigenvalue weighted by molar-refractivity contribution is -0.419.